The average molecular weight is 516 g/mol. The van der Waals surface area contributed by atoms with Crippen molar-refractivity contribution in [1.82, 2.24) is 15.5 Å². The summed E-state index contributed by atoms with van der Waals surface area (Å²) in [5.74, 6) is 0.405. The van der Waals surface area contributed by atoms with E-state index >= 15 is 0 Å². The van der Waals surface area contributed by atoms with Crippen molar-refractivity contribution < 1.29 is 19.8 Å². The van der Waals surface area contributed by atoms with Gasteiger partial charge in [-0.25, -0.2) is 0 Å². The molecule has 37 heavy (non-hydrogen) atoms. The van der Waals surface area contributed by atoms with Gasteiger partial charge in [0.05, 0.1) is 18.2 Å². The number of nitrogens with zero attached hydrogens (tertiary/aromatic N) is 1. The zero-order valence-electron chi connectivity index (χ0n) is 23.5. The Hall–Kier alpha value is -1.96. The van der Waals surface area contributed by atoms with Crippen molar-refractivity contribution in [1.29, 1.82) is 0 Å². The van der Waals surface area contributed by atoms with Crippen LogP contribution in [0.4, 0.5) is 0 Å². The number of nitrogens with one attached hydrogen (secondary N) is 2. The standard InChI is InChI=1S/C30H49N3O4/c1-20(19-34)21(2)28(36)31-25(15-22-11-7-6-8-12-22)27(35)18-33-17-24-14-10-9-13-23(24)16-26(33)29(37)32-30(3,4)5/h6-8,11-12,20-21,23-27,34-35H,9-10,13-19H2,1-5H3,(H,31,36)(H,32,37)/t20?,21?,23-,24+,25-,26+,27+/m0/s1. The minimum Gasteiger partial charge on any atom is -0.396 e. The highest BCUT2D eigenvalue weighted by atomic mass is 16.3. The number of hydrogen-bond acceptors (Lipinski definition) is 5. The first-order valence-corrected chi connectivity index (χ1v) is 14.2. The largest absolute Gasteiger partial charge is 0.396 e. The van der Waals surface area contributed by atoms with Gasteiger partial charge in [-0.05, 0) is 63.4 Å². The maximum absolute atomic E-state index is 13.4. The van der Waals surface area contributed by atoms with Crippen LogP contribution >= 0.6 is 0 Å². The lowest BCUT2D eigenvalue weighted by Crippen LogP contribution is -2.60. The van der Waals surface area contributed by atoms with Crippen LogP contribution in [0.5, 0.6) is 0 Å². The summed E-state index contributed by atoms with van der Waals surface area (Å²) in [5, 5.41) is 27.3. The molecule has 0 spiro atoms. The third-order valence-corrected chi connectivity index (χ3v) is 8.37. The molecule has 2 amide bonds. The van der Waals surface area contributed by atoms with Crippen molar-refractivity contribution in [2.75, 3.05) is 19.7 Å². The highest BCUT2D eigenvalue weighted by Crippen LogP contribution is 2.39. The van der Waals surface area contributed by atoms with Gasteiger partial charge in [-0.1, -0.05) is 63.4 Å². The second kappa shape index (κ2) is 13.2. The minimum atomic E-state index is -0.842. The van der Waals surface area contributed by atoms with Crippen molar-refractivity contribution >= 4 is 11.8 Å². The molecule has 2 unspecified atom stereocenters. The number of hydrogen-bond donors (Lipinski definition) is 4. The summed E-state index contributed by atoms with van der Waals surface area (Å²) in [4.78, 5) is 28.6. The van der Waals surface area contributed by atoms with Crippen molar-refractivity contribution in [3.8, 4) is 0 Å². The fourth-order valence-electron chi connectivity index (χ4n) is 5.88. The number of likely N-dealkylation sites (tertiary alicyclic amines) is 1. The van der Waals surface area contributed by atoms with Gasteiger partial charge in [0.1, 0.15) is 0 Å². The molecule has 1 aliphatic carbocycles. The number of rotatable bonds is 10. The van der Waals surface area contributed by atoms with Crippen molar-refractivity contribution in [2.24, 2.45) is 23.7 Å². The quantitative estimate of drug-likeness (QED) is 0.384. The Morgan fingerprint density at radius 1 is 1.08 bits per heavy atom. The average Bonchev–Trinajstić information content (AvgIpc) is 2.86. The summed E-state index contributed by atoms with van der Waals surface area (Å²) >= 11 is 0. The maximum atomic E-state index is 13.4. The Morgan fingerprint density at radius 3 is 2.35 bits per heavy atom. The SMILES string of the molecule is CC(CO)C(C)C(=O)N[C@@H](Cc1ccccc1)[C@H](O)CN1C[C@H]2CCCC[C@H]2C[C@@H]1C(=O)NC(C)(C)C. The molecule has 208 valence electrons. The number of benzene rings is 1. The van der Waals surface area contributed by atoms with Crippen LogP contribution in [0.25, 0.3) is 0 Å². The number of aliphatic hydroxyl groups is 2. The second-order valence-corrected chi connectivity index (χ2v) is 12.6. The van der Waals surface area contributed by atoms with Crippen LogP contribution in [-0.4, -0.2) is 70.4 Å². The molecule has 4 N–H and O–H groups in total. The molecule has 1 aromatic rings. The zero-order valence-corrected chi connectivity index (χ0v) is 23.5. The van der Waals surface area contributed by atoms with Crippen LogP contribution in [0.2, 0.25) is 0 Å². The van der Waals surface area contributed by atoms with Crippen LogP contribution in [-0.2, 0) is 16.0 Å². The van der Waals surface area contributed by atoms with E-state index in [0.717, 1.165) is 18.5 Å². The van der Waals surface area contributed by atoms with E-state index in [4.69, 9.17) is 0 Å². The fraction of sp³-hybridized carbons (Fsp3) is 0.733. The molecule has 7 nitrogen and oxygen atoms in total. The lowest BCUT2D eigenvalue weighted by atomic mass is 9.72. The molecule has 1 saturated carbocycles. The molecular weight excluding hydrogens is 466 g/mol. The Balaban J connectivity index is 1.79. The Labute approximate surface area is 223 Å². The molecule has 1 heterocycles. The molecule has 0 radical (unpaired) electrons. The highest BCUT2D eigenvalue weighted by Gasteiger charge is 2.42. The summed E-state index contributed by atoms with van der Waals surface area (Å²) in [5.41, 5.74) is 0.705. The summed E-state index contributed by atoms with van der Waals surface area (Å²) < 4.78 is 0. The van der Waals surface area contributed by atoms with Crippen molar-refractivity contribution in [3.63, 3.8) is 0 Å². The smallest absolute Gasteiger partial charge is 0.237 e. The van der Waals surface area contributed by atoms with E-state index in [9.17, 15) is 19.8 Å². The fourth-order valence-corrected chi connectivity index (χ4v) is 5.88. The van der Waals surface area contributed by atoms with Crippen LogP contribution in [0.15, 0.2) is 30.3 Å². The third-order valence-electron chi connectivity index (χ3n) is 8.37. The first-order valence-electron chi connectivity index (χ1n) is 14.2. The van der Waals surface area contributed by atoms with Gasteiger partial charge < -0.3 is 20.8 Å². The van der Waals surface area contributed by atoms with Gasteiger partial charge >= 0.3 is 0 Å². The maximum Gasteiger partial charge on any atom is 0.237 e. The lowest BCUT2D eigenvalue weighted by molar-refractivity contribution is -0.133. The van der Waals surface area contributed by atoms with Gasteiger partial charge in [0.15, 0.2) is 0 Å². The number of carbonyl (C=O) groups is 2. The molecule has 7 atom stereocenters. The van der Waals surface area contributed by atoms with Crippen LogP contribution in [0, 0.1) is 23.7 Å². The first-order chi connectivity index (χ1) is 17.5. The van der Waals surface area contributed by atoms with Gasteiger partial charge in [-0.3, -0.25) is 14.5 Å². The minimum absolute atomic E-state index is 0.0257. The molecule has 2 aliphatic rings. The summed E-state index contributed by atoms with van der Waals surface area (Å²) in [6, 6.07) is 9.08. The molecule has 0 bridgehead atoms. The molecule has 1 aromatic carbocycles. The van der Waals surface area contributed by atoms with E-state index in [0.29, 0.717) is 24.8 Å². The van der Waals surface area contributed by atoms with Crippen molar-refractivity contribution in [2.45, 2.75) is 96.9 Å². The topological polar surface area (TPSA) is 102 Å². The Bertz CT molecular complexity index is 871. The Kier molecular flexibility index (Phi) is 10.6. The van der Waals surface area contributed by atoms with Gasteiger partial charge in [0, 0.05) is 31.2 Å². The van der Waals surface area contributed by atoms with Gasteiger partial charge in [0.25, 0.3) is 0 Å². The number of aliphatic hydroxyl groups excluding tert-OH is 2. The number of β-amino-alcohol motifs (C(OH)–C–C–N with tert-alkyl or cyclic N) is 1. The second-order valence-electron chi connectivity index (χ2n) is 12.6. The Morgan fingerprint density at radius 2 is 1.73 bits per heavy atom. The predicted molar refractivity (Wildman–Crippen MR) is 147 cm³/mol. The highest BCUT2D eigenvalue weighted by molar-refractivity contribution is 5.82. The van der Waals surface area contributed by atoms with Gasteiger partial charge in [0.2, 0.25) is 11.8 Å². The number of piperidine rings is 1. The normalized spacial score (nSPS) is 25.9. The summed E-state index contributed by atoms with van der Waals surface area (Å²) in [7, 11) is 0. The third kappa shape index (κ3) is 8.52. The van der Waals surface area contributed by atoms with Gasteiger partial charge in [-0.2, -0.15) is 0 Å². The van der Waals surface area contributed by atoms with E-state index in [-0.39, 0.29) is 41.8 Å². The molecule has 7 heteroatoms. The molecular formula is C30H49N3O4. The lowest BCUT2D eigenvalue weighted by Gasteiger charge is -2.47. The molecule has 1 aliphatic heterocycles. The van der Waals surface area contributed by atoms with Gasteiger partial charge in [-0.15, -0.1) is 0 Å². The molecule has 1 saturated heterocycles. The zero-order chi connectivity index (χ0) is 27.2. The summed E-state index contributed by atoms with van der Waals surface area (Å²) in [6.45, 7) is 10.7. The summed E-state index contributed by atoms with van der Waals surface area (Å²) in [6.07, 6.45) is 5.27. The number of amides is 2. The van der Waals surface area contributed by atoms with E-state index in [1.165, 1.54) is 25.7 Å². The molecule has 3 rings (SSSR count). The first kappa shape index (κ1) is 29.6. The molecule has 2 fully saturated rings. The van der Waals surface area contributed by atoms with Crippen LogP contribution < -0.4 is 10.6 Å². The predicted octanol–water partition coefficient (Wildman–Crippen LogP) is 3.13. The number of carbonyl (C=O) groups excluding carboxylic acids is 2. The molecule has 0 aromatic heterocycles. The van der Waals surface area contributed by atoms with Crippen molar-refractivity contribution in [3.05, 3.63) is 35.9 Å². The number of fused-ring (bicyclic) bond motifs is 1. The van der Waals surface area contributed by atoms with E-state index < -0.39 is 12.1 Å². The van der Waals surface area contributed by atoms with Crippen LogP contribution in [0.1, 0.15) is 72.3 Å². The van der Waals surface area contributed by atoms with Crippen LogP contribution in [0.3, 0.4) is 0 Å². The van der Waals surface area contributed by atoms with E-state index in [2.05, 4.69) is 15.5 Å². The monoisotopic (exact) mass is 515 g/mol. The van der Waals surface area contributed by atoms with E-state index in [1.807, 2.05) is 65.0 Å². The van der Waals surface area contributed by atoms with E-state index in [1.54, 1.807) is 0 Å².